The largest absolute Gasteiger partial charge is 0.329 e. The first-order valence-corrected chi connectivity index (χ1v) is 10.3. The molecule has 2 atom stereocenters. The number of thiazole rings is 1. The number of anilines is 1. The highest BCUT2D eigenvalue weighted by molar-refractivity contribution is 8.01. The lowest BCUT2D eigenvalue weighted by atomic mass is 10.2. The van der Waals surface area contributed by atoms with Crippen molar-refractivity contribution in [3.8, 4) is 0 Å². The van der Waals surface area contributed by atoms with Crippen LogP contribution in [-0.4, -0.2) is 42.6 Å². The molecule has 0 aromatic carbocycles. The van der Waals surface area contributed by atoms with Gasteiger partial charge in [-0.25, -0.2) is 13.4 Å². The van der Waals surface area contributed by atoms with Crippen molar-refractivity contribution < 1.29 is 8.42 Å². The summed E-state index contributed by atoms with van der Waals surface area (Å²) in [5.41, 5.74) is 6.84. The van der Waals surface area contributed by atoms with Gasteiger partial charge in [0.15, 0.2) is 15.0 Å². The van der Waals surface area contributed by atoms with E-state index in [9.17, 15) is 8.42 Å². The summed E-state index contributed by atoms with van der Waals surface area (Å²) < 4.78 is 24.5. The summed E-state index contributed by atoms with van der Waals surface area (Å²) in [6.07, 6.45) is 0. The van der Waals surface area contributed by atoms with Crippen molar-refractivity contribution in [2.45, 2.75) is 32.2 Å². The summed E-state index contributed by atoms with van der Waals surface area (Å²) in [6.45, 7) is 6.28. The fourth-order valence-corrected chi connectivity index (χ4v) is 6.36. The van der Waals surface area contributed by atoms with E-state index in [1.807, 2.05) is 18.7 Å². The number of hydrogen-bond donors (Lipinski definition) is 1. The van der Waals surface area contributed by atoms with Crippen LogP contribution >= 0.6 is 23.1 Å². The lowest BCUT2D eigenvalue weighted by Crippen LogP contribution is -2.48. The Hall–Kier alpha value is -0.310. The van der Waals surface area contributed by atoms with Gasteiger partial charge in [0.05, 0.1) is 5.69 Å². The highest BCUT2D eigenvalue weighted by Gasteiger charge is 2.34. The molecule has 2 heterocycles. The van der Waals surface area contributed by atoms with Gasteiger partial charge in [-0.3, -0.25) is 0 Å². The molecule has 2 N–H and O–H groups in total. The maximum Gasteiger partial charge on any atom is 0.186 e. The molecule has 0 amide bonds. The highest BCUT2D eigenvalue weighted by Crippen LogP contribution is 2.34. The molecule has 1 aromatic heterocycles. The number of rotatable bonds is 4. The van der Waals surface area contributed by atoms with Gasteiger partial charge in [0, 0.05) is 34.7 Å². The average molecular weight is 336 g/mol. The third kappa shape index (κ3) is 3.13. The fourth-order valence-electron chi connectivity index (χ4n) is 2.23. The molecule has 1 aliphatic rings. The van der Waals surface area contributed by atoms with Crippen molar-refractivity contribution in [1.29, 1.82) is 0 Å². The smallest absolute Gasteiger partial charge is 0.186 e. The molecule has 0 bridgehead atoms. The first-order chi connectivity index (χ1) is 9.36. The number of aromatic nitrogens is 1. The molecule has 1 fully saturated rings. The number of thioether (sulfide) groups is 1. The second-order valence-corrected chi connectivity index (χ2v) is 9.52. The molecule has 0 aliphatic carbocycles. The minimum absolute atomic E-state index is 0.0679. The molecule has 0 radical (unpaired) electrons. The number of nitrogens with two attached hydrogens (primary N) is 1. The Kier molecular flexibility index (Phi) is 4.99. The van der Waals surface area contributed by atoms with E-state index < -0.39 is 15.2 Å². The molecule has 20 heavy (non-hydrogen) atoms. The van der Waals surface area contributed by atoms with Crippen molar-refractivity contribution >= 4 is 38.1 Å². The first kappa shape index (κ1) is 16.1. The van der Waals surface area contributed by atoms with Crippen LogP contribution in [0.3, 0.4) is 0 Å². The second-order valence-electron chi connectivity index (χ2n) is 4.91. The molecule has 2 unspecified atom stereocenters. The van der Waals surface area contributed by atoms with E-state index in [2.05, 4.69) is 4.98 Å². The maximum atomic E-state index is 12.3. The molecule has 5 nitrogen and oxygen atoms in total. The van der Waals surface area contributed by atoms with E-state index in [4.69, 9.17) is 5.73 Å². The predicted octanol–water partition coefficient (Wildman–Crippen LogP) is 1.79. The predicted molar refractivity (Wildman–Crippen MR) is 87.4 cm³/mol. The van der Waals surface area contributed by atoms with E-state index >= 15 is 0 Å². The zero-order chi connectivity index (χ0) is 14.9. The summed E-state index contributed by atoms with van der Waals surface area (Å²) in [7, 11) is -3.10. The summed E-state index contributed by atoms with van der Waals surface area (Å²) in [6, 6.07) is -0.0679. The Balaban J connectivity index is 2.36. The minimum atomic E-state index is -3.10. The van der Waals surface area contributed by atoms with Crippen LogP contribution in [0.1, 0.15) is 30.5 Å². The molecular formula is C12H21N3O2S3. The number of aryl methyl sites for hydroxylation is 1. The minimum Gasteiger partial charge on any atom is -0.329 e. The molecular weight excluding hydrogens is 314 g/mol. The SMILES string of the molecule is CCS(=O)(=O)C1CSCCN1c1nc(C)c(C(C)N)s1. The first-order valence-electron chi connectivity index (χ1n) is 6.65. The van der Waals surface area contributed by atoms with Crippen molar-refractivity contribution in [3.63, 3.8) is 0 Å². The van der Waals surface area contributed by atoms with Gasteiger partial charge in [0.2, 0.25) is 0 Å². The Bertz CT molecular complexity index is 569. The number of sulfone groups is 1. The standard InChI is InChI=1S/C12H21N3O2S3/c1-4-20(16,17)10-7-18-6-5-15(10)12-14-9(3)11(19-12)8(2)13/h8,10H,4-7,13H2,1-3H3. The molecule has 1 aromatic rings. The van der Waals surface area contributed by atoms with Gasteiger partial charge >= 0.3 is 0 Å². The molecule has 2 rings (SSSR count). The van der Waals surface area contributed by atoms with Crippen LogP contribution in [0.25, 0.3) is 0 Å². The number of nitrogens with zero attached hydrogens (tertiary/aromatic N) is 2. The third-order valence-electron chi connectivity index (χ3n) is 3.38. The summed E-state index contributed by atoms with van der Waals surface area (Å²) in [5, 5.41) is 0.329. The molecule has 8 heteroatoms. The molecule has 1 saturated heterocycles. The van der Waals surface area contributed by atoms with E-state index in [0.717, 1.165) is 28.0 Å². The van der Waals surface area contributed by atoms with E-state index in [-0.39, 0.29) is 11.8 Å². The van der Waals surface area contributed by atoms with Gasteiger partial charge in [-0.15, -0.1) is 0 Å². The Morgan fingerprint density at radius 1 is 1.55 bits per heavy atom. The van der Waals surface area contributed by atoms with Crippen molar-refractivity contribution in [2.24, 2.45) is 5.73 Å². The molecule has 0 saturated carbocycles. The molecule has 114 valence electrons. The zero-order valence-corrected chi connectivity index (χ0v) is 14.4. The van der Waals surface area contributed by atoms with Crippen molar-refractivity contribution in [1.82, 2.24) is 4.98 Å². The lowest BCUT2D eigenvalue weighted by molar-refractivity contribution is 0.579. The van der Waals surface area contributed by atoms with Crippen LogP contribution in [0, 0.1) is 6.92 Å². The third-order valence-corrected chi connectivity index (χ3v) is 8.07. The van der Waals surface area contributed by atoms with E-state index in [1.54, 1.807) is 18.7 Å². The Morgan fingerprint density at radius 2 is 2.25 bits per heavy atom. The van der Waals surface area contributed by atoms with Gasteiger partial charge in [0.25, 0.3) is 0 Å². The van der Waals surface area contributed by atoms with Crippen molar-refractivity contribution in [2.75, 3.05) is 28.7 Å². The number of hydrogen-bond acceptors (Lipinski definition) is 7. The highest BCUT2D eigenvalue weighted by atomic mass is 32.2. The van der Waals surface area contributed by atoms with Gasteiger partial charge in [-0.1, -0.05) is 18.3 Å². The van der Waals surface area contributed by atoms with Crippen molar-refractivity contribution in [3.05, 3.63) is 10.6 Å². The maximum absolute atomic E-state index is 12.3. The van der Waals surface area contributed by atoms with Crippen LogP contribution in [0.5, 0.6) is 0 Å². The van der Waals surface area contributed by atoms with Gasteiger partial charge in [-0.05, 0) is 13.8 Å². The van der Waals surface area contributed by atoms with Crippen LogP contribution in [0.15, 0.2) is 0 Å². The van der Waals surface area contributed by atoms with E-state index in [0.29, 0.717) is 5.75 Å². The topological polar surface area (TPSA) is 76.3 Å². The lowest BCUT2D eigenvalue weighted by Gasteiger charge is -2.34. The quantitative estimate of drug-likeness (QED) is 0.904. The van der Waals surface area contributed by atoms with Crippen LogP contribution < -0.4 is 10.6 Å². The van der Waals surface area contributed by atoms with Gasteiger partial charge in [-0.2, -0.15) is 11.8 Å². The van der Waals surface area contributed by atoms with Gasteiger partial charge < -0.3 is 10.6 Å². The average Bonchev–Trinajstić information content (AvgIpc) is 2.81. The second kappa shape index (κ2) is 6.21. The Labute approximate surface area is 128 Å². The van der Waals surface area contributed by atoms with Crippen LogP contribution in [0.2, 0.25) is 0 Å². The monoisotopic (exact) mass is 335 g/mol. The summed E-state index contributed by atoms with van der Waals surface area (Å²) >= 11 is 3.21. The molecule has 1 aliphatic heterocycles. The summed E-state index contributed by atoms with van der Waals surface area (Å²) in [4.78, 5) is 7.52. The normalized spacial score (nSPS) is 22.0. The zero-order valence-electron chi connectivity index (χ0n) is 12.0. The van der Waals surface area contributed by atoms with Crippen LogP contribution in [-0.2, 0) is 9.84 Å². The summed E-state index contributed by atoms with van der Waals surface area (Å²) in [5.74, 6) is 1.71. The van der Waals surface area contributed by atoms with Crippen LogP contribution in [0.4, 0.5) is 5.13 Å². The van der Waals surface area contributed by atoms with E-state index in [1.165, 1.54) is 11.3 Å². The Morgan fingerprint density at radius 3 is 2.80 bits per heavy atom. The molecule has 0 spiro atoms. The fraction of sp³-hybridized carbons (Fsp3) is 0.750. The van der Waals surface area contributed by atoms with Gasteiger partial charge in [0.1, 0.15) is 5.37 Å².